The third kappa shape index (κ3) is 4.55. The lowest BCUT2D eigenvalue weighted by Gasteiger charge is -2.41. The summed E-state index contributed by atoms with van der Waals surface area (Å²) in [5.74, 6) is 0.0638. The van der Waals surface area contributed by atoms with Gasteiger partial charge in [-0.25, -0.2) is 9.97 Å². The van der Waals surface area contributed by atoms with Crippen LogP contribution in [0, 0.1) is 0 Å². The first-order chi connectivity index (χ1) is 13.7. The average molecular weight is 381 g/mol. The molecule has 2 fully saturated rings. The zero-order valence-electron chi connectivity index (χ0n) is 16.2. The minimum atomic E-state index is -0.424. The molecule has 1 aromatic heterocycles. The largest absolute Gasteiger partial charge is 0.342 e. The lowest BCUT2D eigenvalue weighted by atomic mass is 10.1. The monoisotopic (exact) mass is 381 g/mol. The van der Waals surface area contributed by atoms with Crippen molar-refractivity contribution in [2.45, 2.75) is 44.3 Å². The molecule has 1 N–H and O–H groups in total. The highest BCUT2D eigenvalue weighted by atomic mass is 16.5. The van der Waals surface area contributed by atoms with Crippen LogP contribution in [-0.2, 0) is 16.1 Å². The smallest absolute Gasteiger partial charge is 0.227 e. The Labute approximate surface area is 165 Å². The summed E-state index contributed by atoms with van der Waals surface area (Å²) in [6, 6.07) is 12.3. The lowest BCUT2D eigenvalue weighted by molar-refractivity contribution is -0.169. The maximum atomic E-state index is 12.4. The van der Waals surface area contributed by atoms with Gasteiger partial charge in [0.15, 0.2) is 6.35 Å². The number of benzene rings is 1. The van der Waals surface area contributed by atoms with Gasteiger partial charge in [-0.1, -0.05) is 30.3 Å². The van der Waals surface area contributed by atoms with E-state index in [0.29, 0.717) is 6.42 Å². The lowest BCUT2D eigenvalue weighted by Crippen LogP contribution is -2.56. The standard InChI is InChI=1S/C21H27N5O2/c1-25-20(27)13-19(18-7-10-22-15-23-18)24-21(25)28-17-8-11-26(12-9-17)14-16-5-3-2-4-6-16/h2-7,10,15,17,19,21,24H,8-9,11-14H2,1H3. The Morgan fingerprint density at radius 3 is 2.68 bits per heavy atom. The van der Waals surface area contributed by atoms with Crippen molar-refractivity contribution in [2.75, 3.05) is 20.1 Å². The van der Waals surface area contributed by atoms with Crippen LogP contribution in [0.3, 0.4) is 0 Å². The van der Waals surface area contributed by atoms with Gasteiger partial charge in [0.05, 0.1) is 17.8 Å². The van der Waals surface area contributed by atoms with Gasteiger partial charge in [-0.3, -0.25) is 15.0 Å². The quantitative estimate of drug-likeness (QED) is 0.854. The number of nitrogens with one attached hydrogen (secondary N) is 1. The number of carbonyl (C=O) groups is 1. The molecule has 0 radical (unpaired) electrons. The van der Waals surface area contributed by atoms with Crippen LogP contribution >= 0.6 is 0 Å². The SMILES string of the molecule is CN1C(=O)CC(c2ccncn2)NC1OC1CCN(Cc2ccccc2)CC1. The summed E-state index contributed by atoms with van der Waals surface area (Å²) in [5, 5.41) is 3.43. The molecule has 3 heterocycles. The Kier molecular flexibility index (Phi) is 5.95. The van der Waals surface area contributed by atoms with Gasteiger partial charge in [-0.05, 0) is 24.5 Å². The van der Waals surface area contributed by atoms with E-state index in [1.54, 1.807) is 18.1 Å². The fraction of sp³-hybridized carbons (Fsp3) is 0.476. The predicted molar refractivity (Wildman–Crippen MR) is 105 cm³/mol. The third-order valence-corrected chi connectivity index (χ3v) is 5.53. The minimum absolute atomic E-state index is 0.0638. The van der Waals surface area contributed by atoms with Gasteiger partial charge < -0.3 is 9.64 Å². The molecule has 1 aromatic carbocycles. The van der Waals surface area contributed by atoms with Crippen LogP contribution in [0.2, 0.25) is 0 Å². The van der Waals surface area contributed by atoms with E-state index in [1.165, 1.54) is 11.9 Å². The van der Waals surface area contributed by atoms with E-state index in [-0.39, 0.29) is 18.1 Å². The third-order valence-electron chi connectivity index (χ3n) is 5.53. The van der Waals surface area contributed by atoms with Gasteiger partial charge in [-0.2, -0.15) is 0 Å². The average Bonchev–Trinajstić information content (AvgIpc) is 2.74. The van der Waals surface area contributed by atoms with Crippen molar-refractivity contribution in [3.63, 3.8) is 0 Å². The Hall–Kier alpha value is -2.35. The molecule has 0 spiro atoms. The summed E-state index contributed by atoms with van der Waals surface area (Å²) in [5.41, 5.74) is 2.16. The number of rotatable bonds is 5. The van der Waals surface area contributed by atoms with E-state index in [4.69, 9.17) is 4.74 Å². The first-order valence-corrected chi connectivity index (χ1v) is 9.88. The summed E-state index contributed by atoms with van der Waals surface area (Å²) in [6.07, 6.45) is 5.23. The van der Waals surface area contributed by atoms with Crippen molar-refractivity contribution in [3.05, 3.63) is 60.2 Å². The molecule has 2 aromatic rings. The first kappa shape index (κ1) is 19.0. The molecule has 0 saturated carbocycles. The maximum absolute atomic E-state index is 12.4. The molecular weight excluding hydrogens is 354 g/mol. The van der Waals surface area contributed by atoms with E-state index < -0.39 is 6.35 Å². The highest BCUT2D eigenvalue weighted by molar-refractivity contribution is 5.77. The normalized spacial score (nSPS) is 24.5. The van der Waals surface area contributed by atoms with E-state index >= 15 is 0 Å². The second-order valence-corrected chi connectivity index (χ2v) is 7.51. The van der Waals surface area contributed by atoms with Gasteiger partial charge in [0.25, 0.3) is 0 Å². The molecule has 7 nitrogen and oxygen atoms in total. The number of piperidine rings is 1. The van der Waals surface area contributed by atoms with Gasteiger partial charge >= 0.3 is 0 Å². The molecule has 2 atom stereocenters. The Bertz CT molecular complexity index is 765. The fourth-order valence-corrected chi connectivity index (χ4v) is 3.85. The van der Waals surface area contributed by atoms with Crippen LogP contribution < -0.4 is 5.32 Å². The van der Waals surface area contributed by atoms with Crippen molar-refractivity contribution in [1.29, 1.82) is 0 Å². The number of hydrogen-bond acceptors (Lipinski definition) is 6. The second-order valence-electron chi connectivity index (χ2n) is 7.51. The summed E-state index contributed by atoms with van der Waals surface area (Å²) < 4.78 is 6.29. The number of carbonyl (C=O) groups excluding carboxylic acids is 1. The van der Waals surface area contributed by atoms with E-state index in [1.807, 2.05) is 12.1 Å². The number of amides is 1. The minimum Gasteiger partial charge on any atom is -0.342 e. The molecule has 148 valence electrons. The van der Waals surface area contributed by atoms with Crippen molar-refractivity contribution in [2.24, 2.45) is 0 Å². The molecular formula is C21H27N5O2. The number of hydrogen-bond donors (Lipinski definition) is 1. The zero-order chi connectivity index (χ0) is 19.3. The van der Waals surface area contributed by atoms with Crippen molar-refractivity contribution >= 4 is 5.91 Å². The summed E-state index contributed by atoms with van der Waals surface area (Å²) in [7, 11) is 1.79. The number of nitrogens with zero attached hydrogens (tertiary/aromatic N) is 4. The Morgan fingerprint density at radius 1 is 1.18 bits per heavy atom. The molecule has 2 aliphatic rings. The highest BCUT2D eigenvalue weighted by Crippen LogP contribution is 2.24. The van der Waals surface area contributed by atoms with Crippen molar-refractivity contribution < 1.29 is 9.53 Å². The van der Waals surface area contributed by atoms with Crippen LogP contribution in [0.15, 0.2) is 48.9 Å². The molecule has 1 amide bonds. The van der Waals surface area contributed by atoms with Gasteiger partial charge in [-0.15, -0.1) is 0 Å². The van der Waals surface area contributed by atoms with Gasteiger partial charge in [0.1, 0.15) is 6.33 Å². The molecule has 0 bridgehead atoms. The number of ether oxygens (including phenoxy) is 1. The van der Waals surface area contributed by atoms with Crippen LogP contribution in [0.25, 0.3) is 0 Å². The Balaban J connectivity index is 1.31. The molecule has 28 heavy (non-hydrogen) atoms. The van der Waals surface area contributed by atoms with E-state index in [0.717, 1.165) is 38.2 Å². The summed E-state index contributed by atoms with van der Waals surface area (Å²) in [6.45, 7) is 2.97. The van der Waals surface area contributed by atoms with E-state index in [9.17, 15) is 4.79 Å². The molecule has 2 aliphatic heterocycles. The summed E-state index contributed by atoms with van der Waals surface area (Å²) in [4.78, 5) is 24.8. The van der Waals surface area contributed by atoms with Gasteiger partial charge in [0.2, 0.25) is 5.91 Å². The molecule has 7 heteroatoms. The summed E-state index contributed by atoms with van der Waals surface area (Å²) >= 11 is 0. The molecule has 4 rings (SSSR count). The fourth-order valence-electron chi connectivity index (χ4n) is 3.85. The van der Waals surface area contributed by atoms with E-state index in [2.05, 4.69) is 44.5 Å². The predicted octanol–water partition coefficient (Wildman–Crippen LogP) is 1.93. The first-order valence-electron chi connectivity index (χ1n) is 9.88. The van der Waals surface area contributed by atoms with Crippen LogP contribution in [-0.4, -0.2) is 58.3 Å². The number of aromatic nitrogens is 2. The topological polar surface area (TPSA) is 70.6 Å². The maximum Gasteiger partial charge on any atom is 0.227 e. The Morgan fingerprint density at radius 2 is 1.96 bits per heavy atom. The zero-order valence-corrected chi connectivity index (χ0v) is 16.2. The molecule has 0 aliphatic carbocycles. The van der Waals surface area contributed by atoms with Crippen LogP contribution in [0.4, 0.5) is 0 Å². The van der Waals surface area contributed by atoms with Crippen LogP contribution in [0.1, 0.15) is 36.6 Å². The van der Waals surface area contributed by atoms with Crippen LogP contribution in [0.5, 0.6) is 0 Å². The van der Waals surface area contributed by atoms with Crippen molar-refractivity contribution in [1.82, 2.24) is 25.1 Å². The second kappa shape index (κ2) is 8.77. The van der Waals surface area contributed by atoms with Crippen molar-refractivity contribution in [3.8, 4) is 0 Å². The highest BCUT2D eigenvalue weighted by Gasteiger charge is 2.35. The molecule has 2 unspecified atom stereocenters. The van der Waals surface area contributed by atoms with Gasteiger partial charge in [0, 0.05) is 39.3 Å². The molecule has 2 saturated heterocycles. The number of likely N-dealkylation sites (tertiary alicyclic amines) is 1.